The predicted molar refractivity (Wildman–Crippen MR) is 107 cm³/mol. The molecule has 1 aliphatic carbocycles. The summed E-state index contributed by atoms with van der Waals surface area (Å²) in [5.41, 5.74) is 3.65. The molecule has 1 fully saturated rings. The van der Waals surface area contributed by atoms with Crippen LogP contribution in [0, 0.1) is 0 Å². The van der Waals surface area contributed by atoms with Crippen LogP contribution in [0.25, 0.3) is 0 Å². The van der Waals surface area contributed by atoms with Gasteiger partial charge in [0.1, 0.15) is 0 Å². The molecule has 5 nitrogen and oxygen atoms in total. The summed E-state index contributed by atoms with van der Waals surface area (Å²) < 4.78 is 0. The van der Waals surface area contributed by atoms with Crippen molar-refractivity contribution in [1.29, 1.82) is 0 Å². The highest BCUT2D eigenvalue weighted by molar-refractivity contribution is 5.84. The molecule has 2 heterocycles. The Kier molecular flexibility index (Phi) is 5.37. The molecule has 0 bridgehead atoms. The summed E-state index contributed by atoms with van der Waals surface area (Å²) >= 11 is 0. The van der Waals surface area contributed by atoms with E-state index in [9.17, 15) is 4.79 Å². The summed E-state index contributed by atoms with van der Waals surface area (Å²) in [7, 11) is 0. The molecular formula is C22H28N4O. The monoisotopic (exact) mass is 364 g/mol. The van der Waals surface area contributed by atoms with E-state index in [4.69, 9.17) is 0 Å². The van der Waals surface area contributed by atoms with Crippen molar-refractivity contribution in [3.8, 4) is 0 Å². The standard InChI is InChI=1S/C22H28N4O/c1-2-19(17-8-4-3-5-9-17)22(27)26-14-12-25(13-15-26)21-16-18-10-6-7-11-20(18)23-24-21/h3-5,8-9,16,19H,2,6-7,10-15H2,1H3. The van der Waals surface area contributed by atoms with E-state index in [0.29, 0.717) is 0 Å². The lowest BCUT2D eigenvalue weighted by Crippen LogP contribution is -2.50. The minimum Gasteiger partial charge on any atom is -0.352 e. The number of benzene rings is 1. The number of hydrogen-bond acceptors (Lipinski definition) is 4. The van der Waals surface area contributed by atoms with Crippen LogP contribution in [0.1, 0.15) is 48.9 Å². The largest absolute Gasteiger partial charge is 0.352 e. The Morgan fingerprint density at radius 2 is 1.78 bits per heavy atom. The Morgan fingerprint density at radius 3 is 2.52 bits per heavy atom. The zero-order valence-corrected chi connectivity index (χ0v) is 16.1. The topological polar surface area (TPSA) is 49.3 Å². The molecule has 1 aromatic carbocycles. The van der Waals surface area contributed by atoms with Crippen LogP contribution in [-0.2, 0) is 17.6 Å². The van der Waals surface area contributed by atoms with Gasteiger partial charge in [0.15, 0.2) is 5.82 Å². The zero-order valence-electron chi connectivity index (χ0n) is 16.1. The van der Waals surface area contributed by atoms with Crippen molar-refractivity contribution in [2.24, 2.45) is 0 Å². The number of hydrogen-bond donors (Lipinski definition) is 0. The first-order chi connectivity index (χ1) is 13.3. The minimum atomic E-state index is -0.0405. The molecule has 0 saturated carbocycles. The molecule has 1 aromatic heterocycles. The molecule has 5 heteroatoms. The number of rotatable bonds is 4. The van der Waals surface area contributed by atoms with Crippen LogP contribution in [-0.4, -0.2) is 47.2 Å². The van der Waals surface area contributed by atoms with Crippen molar-refractivity contribution in [1.82, 2.24) is 15.1 Å². The zero-order chi connectivity index (χ0) is 18.6. The number of anilines is 1. The van der Waals surface area contributed by atoms with Gasteiger partial charge in [0.25, 0.3) is 0 Å². The van der Waals surface area contributed by atoms with Crippen LogP contribution in [0.3, 0.4) is 0 Å². The Hall–Kier alpha value is -2.43. The van der Waals surface area contributed by atoms with E-state index in [1.807, 2.05) is 23.1 Å². The number of carbonyl (C=O) groups is 1. The molecule has 27 heavy (non-hydrogen) atoms. The molecule has 1 saturated heterocycles. The molecule has 0 spiro atoms. The molecule has 1 amide bonds. The average Bonchev–Trinajstić information content (AvgIpc) is 2.75. The van der Waals surface area contributed by atoms with E-state index in [1.54, 1.807) is 0 Å². The van der Waals surface area contributed by atoms with Crippen LogP contribution in [0.5, 0.6) is 0 Å². The Morgan fingerprint density at radius 1 is 1.04 bits per heavy atom. The summed E-state index contributed by atoms with van der Waals surface area (Å²) in [5, 5.41) is 8.91. The molecule has 2 aromatic rings. The first-order valence-electron chi connectivity index (χ1n) is 10.2. The van der Waals surface area contributed by atoms with Crippen molar-refractivity contribution in [3.05, 3.63) is 53.2 Å². The maximum absolute atomic E-state index is 13.0. The van der Waals surface area contributed by atoms with Crippen LogP contribution < -0.4 is 4.90 Å². The lowest BCUT2D eigenvalue weighted by Gasteiger charge is -2.37. The smallest absolute Gasteiger partial charge is 0.230 e. The Labute approximate surface area is 161 Å². The summed E-state index contributed by atoms with van der Waals surface area (Å²) in [6, 6.07) is 12.4. The fourth-order valence-corrected chi connectivity index (χ4v) is 4.25. The third-order valence-electron chi connectivity index (χ3n) is 5.88. The van der Waals surface area contributed by atoms with Crippen LogP contribution in [0.2, 0.25) is 0 Å². The molecular weight excluding hydrogens is 336 g/mol. The summed E-state index contributed by atoms with van der Waals surface area (Å²) in [5.74, 6) is 1.18. The lowest BCUT2D eigenvalue weighted by atomic mass is 9.94. The van der Waals surface area contributed by atoms with E-state index < -0.39 is 0 Å². The van der Waals surface area contributed by atoms with Gasteiger partial charge in [-0.2, -0.15) is 5.10 Å². The number of nitrogens with zero attached hydrogens (tertiary/aromatic N) is 4. The molecule has 0 radical (unpaired) electrons. The predicted octanol–water partition coefficient (Wildman–Crippen LogP) is 3.20. The molecule has 142 valence electrons. The van der Waals surface area contributed by atoms with Crippen molar-refractivity contribution >= 4 is 11.7 Å². The molecule has 1 unspecified atom stereocenters. The van der Waals surface area contributed by atoms with E-state index in [0.717, 1.165) is 56.8 Å². The van der Waals surface area contributed by atoms with Crippen molar-refractivity contribution in [2.75, 3.05) is 31.1 Å². The van der Waals surface area contributed by atoms with E-state index in [1.165, 1.54) is 24.1 Å². The normalized spacial score (nSPS) is 18.1. The maximum Gasteiger partial charge on any atom is 0.230 e. The van der Waals surface area contributed by atoms with Gasteiger partial charge in [-0.1, -0.05) is 37.3 Å². The highest BCUT2D eigenvalue weighted by Crippen LogP contribution is 2.25. The van der Waals surface area contributed by atoms with Crippen molar-refractivity contribution in [2.45, 2.75) is 44.9 Å². The SMILES string of the molecule is CCC(C(=O)N1CCN(c2cc3c(nn2)CCCC3)CC1)c1ccccc1. The summed E-state index contributed by atoms with van der Waals surface area (Å²) in [6.45, 7) is 5.24. The van der Waals surface area contributed by atoms with Crippen LogP contribution in [0.15, 0.2) is 36.4 Å². The second-order valence-electron chi connectivity index (χ2n) is 7.57. The van der Waals surface area contributed by atoms with Gasteiger partial charge >= 0.3 is 0 Å². The highest BCUT2D eigenvalue weighted by Gasteiger charge is 2.28. The van der Waals surface area contributed by atoms with Gasteiger partial charge in [-0.3, -0.25) is 4.79 Å². The fourth-order valence-electron chi connectivity index (χ4n) is 4.25. The van der Waals surface area contributed by atoms with Gasteiger partial charge in [-0.05, 0) is 49.3 Å². The van der Waals surface area contributed by atoms with Crippen molar-refractivity contribution < 1.29 is 4.79 Å². The van der Waals surface area contributed by atoms with Gasteiger partial charge in [-0.25, -0.2) is 0 Å². The Bertz CT molecular complexity index is 784. The maximum atomic E-state index is 13.0. The molecule has 1 atom stereocenters. The number of amides is 1. The van der Waals surface area contributed by atoms with E-state index in [-0.39, 0.29) is 11.8 Å². The average molecular weight is 364 g/mol. The van der Waals surface area contributed by atoms with Gasteiger partial charge in [-0.15, -0.1) is 5.10 Å². The van der Waals surface area contributed by atoms with Crippen molar-refractivity contribution in [3.63, 3.8) is 0 Å². The number of aromatic nitrogens is 2. The summed E-state index contributed by atoms with van der Waals surface area (Å²) in [4.78, 5) is 17.3. The van der Waals surface area contributed by atoms with Crippen LogP contribution in [0.4, 0.5) is 5.82 Å². The molecule has 4 rings (SSSR count). The van der Waals surface area contributed by atoms with E-state index >= 15 is 0 Å². The fraction of sp³-hybridized carbons (Fsp3) is 0.500. The molecule has 1 aliphatic heterocycles. The first-order valence-corrected chi connectivity index (χ1v) is 10.2. The van der Waals surface area contributed by atoms with Gasteiger partial charge < -0.3 is 9.80 Å². The van der Waals surface area contributed by atoms with E-state index in [2.05, 4.69) is 40.2 Å². The quantitative estimate of drug-likeness (QED) is 0.836. The lowest BCUT2D eigenvalue weighted by molar-refractivity contribution is -0.133. The number of carbonyl (C=O) groups excluding carboxylic acids is 1. The molecule has 2 aliphatic rings. The minimum absolute atomic E-state index is 0.0405. The highest BCUT2D eigenvalue weighted by atomic mass is 16.2. The third-order valence-corrected chi connectivity index (χ3v) is 5.88. The number of aryl methyl sites for hydroxylation is 2. The number of fused-ring (bicyclic) bond motifs is 1. The second kappa shape index (κ2) is 8.07. The Balaban J connectivity index is 1.40. The first kappa shape index (κ1) is 18.0. The number of piperazine rings is 1. The third kappa shape index (κ3) is 3.82. The van der Waals surface area contributed by atoms with Gasteiger partial charge in [0.05, 0.1) is 11.6 Å². The summed E-state index contributed by atoms with van der Waals surface area (Å²) in [6.07, 6.45) is 5.48. The molecule has 0 N–H and O–H groups in total. The van der Waals surface area contributed by atoms with Gasteiger partial charge in [0.2, 0.25) is 5.91 Å². The second-order valence-corrected chi connectivity index (χ2v) is 7.57. The van der Waals surface area contributed by atoms with Crippen LogP contribution >= 0.6 is 0 Å². The van der Waals surface area contributed by atoms with Gasteiger partial charge in [0, 0.05) is 26.2 Å².